The minimum atomic E-state index is -3.10. The SMILES string of the molecule is CCOC(=O)C(C)Oc1ccc(Oc2nc3ccc(Cl)cc3o2)cc1.CP(=O)(O)CCC(N)C(=O)O. The molecule has 36 heavy (non-hydrogen) atoms. The van der Waals surface area contributed by atoms with E-state index in [0.717, 1.165) is 0 Å². The number of esters is 1. The second-order valence-electron chi connectivity index (χ2n) is 7.69. The van der Waals surface area contributed by atoms with Crippen LogP contribution >= 0.6 is 19.0 Å². The summed E-state index contributed by atoms with van der Waals surface area (Å²) in [4.78, 5) is 34.7. The number of carbonyl (C=O) groups excluding carboxylic acids is 1. The van der Waals surface area contributed by atoms with Crippen LogP contribution in [-0.4, -0.2) is 58.5 Å². The van der Waals surface area contributed by atoms with Crippen LogP contribution in [0, 0.1) is 0 Å². The number of ether oxygens (including phenoxy) is 3. The highest BCUT2D eigenvalue weighted by molar-refractivity contribution is 7.57. The number of hydrogen-bond acceptors (Lipinski definition) is 9. The van der Waals surface area contributed by atoms with Crippen molar-refractivity contribution < 1.29 is 42.8 Å². The van der Waals surface area contributed by atoms with Gasteiger partial charge in [-0.05, 0) is 56.7 Å². The van der Waals surface area contributed by atoms with E-state index in [9.17, 15) is 14.2 Å². The highest BCUT2D eigenvalue weighted by atomic mass is 35.5. The first-order valence-corrected chi connectivity index (χ1v) is 13.5. The molecule has 0 saturated carbocycles. The number of carboxylic acid groups (broad SMARTS) is 1. The smallest absolute Gasteiger partial charge is 0.400 e. The fraction of sp³-hybridized carbons (Fsp3) is 0.348. The lowest BCUT2D eigenvalue weighted by Crippen LogP contribution is -2.30. The normalized spacial score (nSPS) is 14.1. The van der Waals surface area contributed by atoms with Gasteiger partial charge in [0, 0.05) is 23.9 Å². The molecule has 0 saturated heterocycles. The summed E-state index contributed by atoms with van der Waals surface area (Å²) < 4.78 is 32.1. The predicted molar refractivity (Wildman–Crippen MR) is 133 cm³/mol. The van der Waals surface area contributed by atoms with E-state index in [1.54, 1.807) is 56.3 Å². The van der Waals surface area contributed by atoms with E-state index in [4.69, 9.17) is 46.0 Å². The molecule has 3 unspecified atom stereocenters. The van der Waals surface area contributed by atoms with Gasteiger partial charge in [-0.25, -0.2) is 4.79 Å². The van der Waals surface area contributed by atoms with Gasteiger partial charge in [0.1, 0.15) is 23.1 Å². The Hall–Kier alpha value is -3.11. The van der Waals surface area contributed by atoms with E-state index >= 15 is 0 Å². The van der Waals surface area contributed by atoms with Crippen LogP contribution in [0.2, 0.25) is 5.02 Å². The number of aromatic nitrogens is 1. The topological polar surface area (TPSA) is 171 Å². The molecule has 3 aromatic rings. The van der Waals surface area contributed by atoms with Crippen molar-refractivity contribution in [3.05, 3.63) is 47.5 Å². The summed E-state index contributed by atoms with van der Waals surface area (Å²) in [7, 11) is -3.10. The molecule has 2 aromatic carbocycles. The highest BCUT2D eigenvalue weighted by Crippen LogP contribution is 2.35. The maximum atomic E-state index is 11.6. The Labute approximate surface area is 212 Å². The number of aliphatic carboxylic acids is 1. The molecule has 1 heterocycles. The van der Waals surface area contributed by atoms with Crippen LogP contribution in [-0.2, 0) is 18.9 Å². The Morgan fingerprint density at radius 1 is 1.19 bits per heavy atom. The lowest BCUT2D eigenvalue weighted by molar-refractivity contribution is -0.150. The van der Waals surface area contributed by atoms with Gasteiger partial charge in [-0.15, -0.1) is 0 Å². The number of halogens is 1. The van der Waals surface area contributed by atoms with Crippen LogP contribution < -0.4 is 15.2 Å². The van der Waals surface area contributed by atoms with Gasteiger partial charge in [0.25, 0.3) is 0 Å². The zero-order chi connectivity index (χ0) is 26.9. The summed E-state index contributed by atoms with van der Waals surface area (Å²) in [6.45, 7) is 4.87. The summed E-state index contributed by atoms with van der Waals surface area (Å²) in [6, 6.07) is 10.9. The van der Waals surface area contributed by atoms with Crippen LogP contribution in [0.15, 0.2) is 46.9 Å². The Morgan fingerprint density at radius 3 is 2.42 bits per heavy atom. The molecule has 196 valence electrons. The second kappa shape index (κ2) is 13.3. The van der Waals surface area contributed by atoms with Gasteiger partial charge in [-0.1, -0.05) is 11.6 Å². The number of oxazole rings is 1. The molecule has 3 rings (SSSR count). The third kappa shape index (κ3) is 9.87. The van der Waals surface area contributed by atoms with E-state index in [1.165, 1.54) is 6.66 Å². The number of nitrogens with two attached hydrogens (primary N) is 1. The highest BCUT2D eigenvalue weighted by Gasteiger charge is 2.17. The maximum Gasteiger partial charge on any atom is 0.400 e. The van der Waals surface area contributed by atoms with Crippen LogP contribution in [0.5, 0.6) is 17.6 Å². The maximum absolute atomic E-state index is 11.6. The second-order valence-corrected chi connectivity index (χ2v) is 10.7. The first kappa shape index (κ1) is 29.1. The predicted octanol–water partition coefficient (Wildman–Crippen LogP) is 4.29. The average Bonchev–Trinajstić information content (AvgIpc) is 3.20. The van der Waals surface area contributed by atoms with E-state index in [1.807, 2.05) is 0 Å². The van der Waals surface area contributed by atoms with Crippen molar-refractivity contribution in [1.82, 2.24) is 4.98 Å². The van der Waals surface area contributed by atoms with Gasteiger partial charge < -0.3 is 34.4 Å². The average molecular weight is 543 g/mol. The Bertz CT molecular complexity index is 1210. The minimum absolute atomic E-state index is 0.0412. The fourth-order valence-electron chi connectivity index (χ4n) is 2.62. The van der Waals surface area contributed by atoms with Crippen LogP contribution in [0.1, 0.15) is 20.3 Å². The molecule has 0 radical (unpaired) electrons. The number of nitrogens with zero attached hydrogens (tertiary/aromatic N) is 1. The number of carbonyl (C=O) groups is 2. The van der Waals surface area contributed by atoms with E-state index < -0.39 is 31.5 Å². The van der Waals surface area contributed by atoms with Crippen molar-refractivity contribution in [2.75, 3.05) is 19.4 Å². The zero-order valence-electron chi connectivity index (χ0n) is 19.9. The van der Waals surface area contributed by atoms with Crippen molar-refractivity contribution in [2.24, 2.45) is 5.73 Å². The Balaban J connectivity index is 0.000000352. The number of carboxylic acids is 1. The fourth-order valence-corrected chi connectivity index (χ4v) is 3.54. The molecule has 4 N–H and O–H groups in total. The van der Waals surface area contributed by atoms with Gasteiger partial charge in [0.05, 0.1) is 6.61 Å². The van der Waals surface area contributed by atoms with Crippen LogP contribution in [0.4, 0.5) is 0 Å². The standard InChI is InChI=1S/C18H16ClNO5.C5H12NO4P/c1-3-22-17(21)11(2)23-13-5-7-14(8-6-13)24-18-20-15-9-4-12(19)10-16(15)25-18;1-11(9,10)3-2-4(6)5(7)8/h4-11H,3H2,1-2H3;4H,2-3,6H2,1H3,(H,7,8)(H,9,10). The van der Waals surface area contributed by atoms with Crippen molar-refractivity contribution in [3.8, 4) is 17.6 Å². The molecule has 0 aliphatic rings. The molecule has 13 heteroatoms. The van der Waals surface area contributed by atoms with Gasteiger partial charge >= 0.3 is 18.0 Å². The van der Waals surface area contributed by atoms with Crippen molar-refractivity contribution in [3.63, 3.8) is 0 Å². The molecule has 3 atom stereocenters. The number of hydrogen-bond donors (Lipinski definition) is 3. The monoisotopic (exact) mass is 542 g/mol. The third-order valence-electron chi connectivity index (χ3n) is 4.46. The molecule has 11 nitrogen and oxygen atoms in total. The lowest BCUT2D eigenvalue weighted by atomic mass is 10.2. The molecule has 0 aliphatic carbocycles. The lowest BCUT2D eigenvalue weighted by Gasteiger charge is -2.13. The van der Waals surface area contributed by atoms with Crippen molar-refractivity contribution in [2.45, 2.75) is 32.4 Å². The molecule has 0 bridgehead atoms. The first-order valence-electron chi connectivity index (χ1n) is 10.8. The van der Waals surface area contributed by atoms with E-state index in [2.05, 4.69) is 4.98 Å². The van der Waals surface area contributed by atoms with Crippen LogP contribution in [0.25, 0.3) is 11.1 Å². The number of rotatable bonds is 10. The number of fused-ring (bicyclic) bond motifs is 1. The van der Waals surface area contributed by atoms with Crippen molar-refractivity contribution in [1.29, 1.82) is 0 Å². The largest absolute Gasteiger partial charge is 0.480 e. The van der Waals surface area contributed by atoms with Gasteiger partial charge in [0.15, 0.2) is 19.1 Å². The molecule has 0 amide bonds. The molecular weight excluding hydrogens is 515 g/mol. The molecule has 1 aromatic heterocycles. The molecule has 0 fully saturated rings. The Morgan fingerprint density at radius 2 is 1.83 bits per heavy atom. The summed E-state index contributed by atoms with van der Waals surface area (Å²) in [6.07, 6.45) is -0.570. The minimum Gasteiger partial charge on any atom is -0.480 e. The molecule has 0 aliphatic heterocycles. The summed E-state index contributed by atoms with van der Waals surface area (Å²) >= 11 is 5.91. The van der Waals surface area contributed by atoms with E-state index in [-0.39, 0.29) is 18.7 Å². The quantitative estimate of drug-likeness (QED) is 0.246. The van der Waals surface area contributed by atoms with E-state index in [0.29, 0.717) is 34.2 Å². The summed E-state index contributed by atoms with van der Waals surface area (Å²) in [5.74, 6) is -0.502. The number of benzene rings is 2. The summed E-state index contributed by atoms with van der Waals surface area (Å²) in [5, 5.41) is 8.84. The van der Waals surface area contributed by atoms with Gasteiger partial charge in [-0.3, -0.25) is 9.36 Å². The first-order chi connectivity index (χ1) is 16.9. The Kier molecular flexibility index (Phi) is 10.7. The van der Waals surface area contributed by atoms with Crippen LogP contribution in [0.3, 0.4) is 0 Å². The summed E-state index contributed by atoms with van der Waals surface area (Å²) in [5.41, 5.74) is 6.29. The third-order valence-corrected chi connectivity index (χ3v) is 5.79. The van der Waals surface area contributed by atoms with Gasteiger partial charge in [0.2, 0.25) is 0 Å². The molecular formula is C23H28ClN2O9P. The zero-order valence-corrected chi connectivity index (χ0v) is 21.6. The van der Waals surface area contributed by atoms with Gasteiger partial charge in [-0.2, -0.15) is 4.98 Å². The molecule has 0 spiro atoms. The van der Waals surface area contributed by atoms with Crippen molar-refractivity contribution >= 4 is 42.0 Å².